The summed E-state index contributed by atoms with van der Waals surface area (Å²) < 4.78 is 7.36. The van der Waals surface area contributed by atoms with Gasteiger partial charge in [-0.3, -0.25) is 4.79 Å². The van der Waals surface area contributed by atoms with Crippen molar-refractivity contribution in [1.29, 1.82) is 0 Å². The van der Waals surface area contributed by atoms with Crippen LogP contribution in [0, 0.1) is 5.92 Å². The van der Waals surface area contributed by atoms with Crippen molar-refractivity contribution in [2.75, 3.05) is 12.4 Å². The normalized spacial score (nSPS) is 19.9. The minimum atomic E-state index is -0.0209. The van der Waals surface area contributed by atoms with E-state index < -0.39 is 0 Å². The number of benzene rings is 2. The number of aromatic nitrogens is 2. The van der Waals surface area contributed by atoms with Crippen molar-refractivity contribution in [3.8, 4) is 11.4 Å². The molecule has 5 nitrogen and oxygen atoms in total. The zero-order valence-corrected chi connectivity index (χ0v) is 15.9. The highest BCUT2D eigenvalue weighted by atomic mass is 16.5. The molecule has 2 unspecified atom stereocenters. The van der Waals surface area contributed by atoms with Gasteiger partial charge < -0.3 is 10.1 Å². The van der Waals surface area contributed by atoms with Crippen LogP contribution in [0.4, 0.5) is 5.82 Å². The summed E-state index contributed by atoms with van der Waals surface area (Å²) in [5.41, 5.74) is 4.39. The Morgan fingerprint density at radius 2 is 1.89 bits per heavy atom. The number of amides is 1. The third-order valence-corrected chi connectivity index (χ3v) is 5.82. The van der Waals surface area contributed by atoms with Crippen LogP contribution in [0.5, 0.6) is 5.75 Å². The maximum atomic E-state index is 13.0. The van der Waals surface area contributed by atoms with E-state index >= 15 is 0 Å². The first-order chi connectivity index (χ1) is 13.8. The molecule has 1 aromatic heterocycles. The van der Waals surface area contributed by atoms with E-state index in [9.17, 15) is 4.79 Å². The molecule has 3 aromatic rings. The number of nitrogens with zero attached hydrogens (tertiary/aromatic N) is 2. The fourth-order valence-electron chi connectivity index (χ4n) is 4.29. The van der Waals surface area contributed by atoms with Crippen molar-refractivity contribution in [3.05, 3.63) is 71.4 Å². The zero-order valence-electron chi connectivity index (χ0n) is 15.9. The minimum absolute atomic E-state index is 0.0209. The first-order valence-corrected chi connectivity index (χ1v) is 9.86. The summed E-state index contributed by atoms with van der Waals surface area (Å²) in [7, 11) is 1.68. The smallest absolute Gasteiger partial charge is 0.229 e. The molecule has 2 aliphatic carbocycles. The highest BCUT2D eigenvalue weighted by Gasteiger charge is 2.45. The van der Waals surface area contributed by atoms with Gasteiger partial charge in [0.1, 0.15) is 11.6 Å². The number of aryl methyl sites for hydroxylation is 1. The third-order valence-electron chi connectivity index (χ3n) is 5.82. The molecule has 1 fully saturated rings. The average molecular weight is 373 g/mol. The first kappa shape index (κ1) is 17.0. The second-order valence-corrected chi connectivity index (χ2v) is 7.55. The standard InChI is InChI=1S/C23H23N3O2/c1-28-21-13-6-5-10-16(21)18-14-19(18)23(27)24-22-17-11-7-12-20(17)25-26(22)15-8-3-2-4-9-15/h2-6,8-10,13,18-19H,7,11-12,14H2,1H3,(H,24,27). The van der Waals surface area contributed by atoms with Gasteiger partial charge in [-0.1, -0.05) is 36.4 Å². The van der Waals surface area contributed by atoms with Crippen LogP contribution in [0.15, 0.2) is 54.6 Å². The van der Waals surface area contributed by atoms with E-state index in [0.29, 0.717) is 0 Å². The molecule has 1 saturated carbocycles. The van der Waals surface area contributed by atoms with Crippen LogP contribution in [0.3, 0.4) is 0 Å². The number of hydrogen-bond donors (Lipinski definition) is 1. The molecule has 28 heavy (non-hydrogen) atoms. The van der Waals surface area contributed by atoms with Crippen molar-refractivity contribution >= 4 is 11.7 Å². The van der Waals surface area contributed by atoms with Crippen LogP contribution in [0.25, 0.3) is 5.69 Å². The summed E-state index contributed by atoms with van der Waals surface area (Å²) in [5, 5.41) is 7.99. The van der Waals surface area contributed by atoms with E-state index in [2.05, 4.69) is 11.4 Å². The largest absolute Gasteiger partial charge is 0.496 e. The van der Waals surface area contributed by atoms with Crippen molar-refractivity contribution in [1.82, 2.24) is 9.78 Å². The SMILES string of the molecule is COc1ccccc1C1CC1C(=O)Nc1c2c(nn1-c1ccccc1)CCC2. The highest BCUT2D eigenvalue weighted by Crippen LogP contribution is 2.51. The number of methoxy groups -OCH3 is 1. The van der Waals surface area contributed by atoms with Crippen LogP contribution in [0.2, 0.25) is 0 Å². The molecular formula is C23H23N3O2. The number of carbonyl (C=O) groups is 1. The summed E-state index contributed by atoms with van der Waals surface area (Å²) in [6, 6.07) is 18.0. The van der Waals surface area contributed by atoms with E-state index in [-0.39, 0.29) is 17.7 Å². The molecule has 1 N–H and O–H groups in total. The van der Waals surface area contributed by atoms with Gasteiger partial charge in [0, 0.05) is 11.5 Å². The molecule has 5 heteroatoms. The second-order valence-electron chi connectivity index (χ2n) is 7.55. The minimum Gasteiger partial charge on any atom is -0.496 e. The Morgan fingerprint density at radius 3 is 2.71 bits per heavy atom. The number of carbonyl (C=O) groups excluding carboxylic acids is 1. The maximum Gasteiger partial charge on any atom is 0.229 e. The molecule has 2 atom stereocenters. The Kier molecular flexibility index (Phi) is 4.15. The molecule has 2 aliphatic rings. The first-order valence-electron chi connectivity index (χ1n) is 9.86. The van der Waals surface area contributed by atoms with E-state index in [0.717, 1.165) is 54.2 Å². The van der Waals surface area contributed by atoms with Gasteiger partial charge in [-0.15, -0.1) is 0 Å². The zero-order chi connectivity index (χ0) is 19.1. The van der Waals surface area contributed by atoms with Crippen LogP contribution >= 0.6 is 0 Å². The molecule has 0 radical (unpaired) electrons. The van der Waals surface area contributed by atoms with Crippen LogP contribution < -0.4 is 10.1 Å². The van der Waals surface area contributed by atoms with E-state index in [1.807, 2.05) is 53.2 Å². The second kappa shape index (κ2) is 6.82. The topological polar surface area (TPSA) is 56.1 Å². The lowest BCUT2D eigenvalue weighted by atomic mass is 10.1. The maximum absolute atomic E-state index is 13.0. The molecule has 2 aromatic carbocycles. The summed E-state index contributed by atoms with van der Waals surface area (Å²) in [4.78, 5) is 13.0. The number of para-hydroxylation sites is 2. The number of nitrogens with one attached hydrogen (secondary N) is 1. The van der Waals surface area contributed by atoms with Gasteiger partial charge in [0.2, 0.25) is 5.91 Å². The number of anilines is 1. The molecule has 0 bridgehead atoms. The van der Waals surface area contributed by atoms with Crippen molar-refractivity contribution in [3.63, 3.8) is 0 Å². The quantitative estimate of drug-likeness (QED) is 0.732. The van der Waals surface area contributed by atoms with Crippen molar-refractivity contribution in [2.24, 2.45) is 5.92 Å². The summed E-state index contributed by atoms with van der Waals surface area (Å²) in [6.07, 6.45) is 3.90. The Morgan fingerprint density at radius 1 is 1.11 bits per heavy atom. The lowest BCUT2D eigenvalue weighted by molar-refractivity contribution is -0.117. The highest BCUT2D eigenvalue weighted by molar-refractivity contribution is 5.95. The molecule has 1 heterocycles. The Bertz CT molecular complexity index is 1030. The molecule has 0 saturated heterocycles. The number of rotatable bonds is 5. The van der Waals surface area contributed by atoms with Crippen LogP contribution in [-0.2, 0) is 17.6 Å². The lowest BCUT2D eigenvalue weighted by Gasteiger charge is -2.12. The lowest BCUT2D eigenvalue weighted by Crippen LogP contribution is -2.18. The number of hydrogen-bond acceptors (Lipinski definition) is 3. The van der Waals surface area contributed by atoms with E-state index in [1.165, 1.54) is 5.56 Å². The molecule has 142 valence electrons. The van der Waals surface area contributed by atoms with Gasteiger partial charge in [0.15, 0.2) is 0 Å². The number of fused-ring (bicyclic) bond motifs is 1. The monoisotopic (exact) mass is 373 g/mol. The van der Waals surface area contributed by atoms with Gasteiger partial charge in [-0.25, -0.2) is 4.68 Å². The Labute approximate surface area is 164 Å². The third kappa shape index (κ3) is 2.87. The Balaban J connectivity index is 1.41. The van der Waals surface area contributed by atoms with Crippen molar-refractivity contribution < 1.29 is 9.53 Å². The van der Waals surface area contributed by atoms with Crippen molar-refractivity contribution in [2.45, 2.75) is 31.6 Å². The predicted octanol–water partition coefficient (Wildman–Crippen LogP) is 4.11. The van der Waals surface area contributed by atoms with E-state index in [4.69, 9.17) is 9.84 Å². The van der Waals surface area contributed by atoms with E-state index in [1.54, 1.807) is 7.11 Å². The fraction of sp³-hybridized carbons (Fsp3) is 0.304. The summed E-state index contributed by atoms with van der Waals surface area (Å²) >= 11 is 0. The Hall–Kier alpha value is -3.08. The molecular weight excluding hydrogens is 350 g/mol. The molecule has 5 rings (SSSR count). The summed E-state index contributed by atoms with van der Waals surface area (Å²) in [6.45, 7) is 0. The van der Waals surface area contributed by atoms with Gasteiger partial charge in [0.25, 0.3) is 0 Å². The molecule has 0 aliphatic heterocycles. The molecule has 1 amide bonds. The average Bonchev–Trinajstić information content (AvgIpc) is 3.29. The van der Waals surface area contributed by atoms with Gasteiger partial charge in [-0.05, 0) is 55.4 Å². The van der Waals surface area contributed by atoms with Crippen LogP contribution in [-0.4, -0.2) is 22.8 Å². The fourth-order valence-corrected chi connectivity index (χ4v) is 4.29. The summed E-state index contributed by atoms with van der Waals surface area (Å²) in [5.74, 6) is 1.97. The van der Waals surface area contributed by atoms with Gasteiger partial charge >= 0.3 is 0 Å². The predicted molar refractivity (Wildman–Crippen MR) is 108 cm³/mol. The van der Waals surface area contributed by atoms with Gasteiger partial charge in [-0.2, -0.15) is 5.10 Å². The van der Waals surface area contributed by atoms with Gasteiger partial charge in [0.05, 0.1) is 18.5 Å². The van der Waals surface area contributed by atoms with Crippen LogP contribution in [0.1, 0.15) is 35.6 Å². The molecule has 0 spiro atoms. The number of ether oxygens (including phenoxy) is 1.